The van der Waals surface area contributed by atoms with Gasteiger partial charge in [-0.3, -0.25) is 14.6 Å². The molecule has 6 nitrogen and oxygen atoms in total. The lowest BCUT2D eigenvalue weighted by Gasteiger charge is -2.42. The normalized spacial score (nSPS) is 23.8. The van der Waals surface area contributed by atoms with E-state index in [0.29, 0.717) is 18.0 Å². The number of carbonyl (C=O) groups is 2. The van der Waals surface area contributed by atoms with E-state index in [9.17, 15) is 9.59 Å². The molecule has 1 heterocycles. The minimum atomic E-state index is -0.572. The van der Waals surface area contributed by atoms with Crippen molar-refractivity contribution in [2.75, 3.05) is 6.61 Å². The minimum Gasteiger partial charge on any atom is -0.466 e. The zero-order chi connectivity index (χ0) is 22.1. The lowest BCUT2D eigenvalue weighted by Crippen LogP contribution is -2.39. The number of nitrogens with zero attached hydrogens (tertiary/aromatic N) is 2. The summed E-state index contributed by atoms with van der Waals surface area (Å²) >= 11 is 0. The van der Waals surface area contributed by atoms with Crippen LogP contribution in [0.15, 0.2) is 24.3 Å². The third kappa shape index (κ3) is 4.09. The molecule has 1 saturated carbocycles. The number of benzene rings is 1. The summed E-state index contributed by atoms with van der Waals surface area (Å²) < 4.78 is 5.28. The van der Waals surface area contributed by atoms with Gasteiger partial charge in [0.05, 0.1) is 29.1 Å². The van der Waals surface area contributed by atoms with E-state index >= 15 is 0 Å². The predicted molar refractivity (Wildman–Crippen MR) is 116 cm³/mol. The fourth-order valence-electron chi connectivity index (χ4n) is 4.32. The molecule has 0 atom stereocenters. The van der Waals surface area contributed by atoms with Crippen LogP contribution >= 0.6 is 0 Å². The van der Waals surface area contributed by atoms with E-state index in [1.54, 1.807) is 6.92 Å². The Balaban J connectivity index is 1.82. The second-order valence-corrected chi connectivity index (χ2v) is 8.88. The molecular weight excluding hydrogens is 378 g/mol. The summed E-state index contributed by atoms with van der Waals surface area (Å²) in [7, 11) is 0. The van der Waals surface area contributed by atoms with E-state index < -0.39 is 11.3 Å². The highest BCUT2D eigenvalue weighted by Crippen LogP contribution is 2.47. The van der Waals surface area contributed by atoms with Crippen molar-refractivity contribution in [1.29, 1.82) is 0 Å². The van der Waals surface area contributed by atoms with Crippen LogP contribution in [0.4, 0.5) is 0 Å². The van der Waals surface area contributed by atoms with Gasteiger partial charge in [-0.25, -0.2) is 4.98 Å². The van der Waals surface area contributed by atoms with Crippen molar-refractivity contribution in [2.45, 2.75) is 65.7 Å². The average Bonchev–Trinajstić information content (AvgIpc) is 2.70. The van der Waals surface area contributed by atoms with E-state index in [1.807, 2.05) is 32.9 Å². The number of esters is 1. The first-order valence-corrected chi connectivity index (χ1v) is 10.5. The van der Waals surface area contributed by atoms with Crippen molar-refractivity contribution in [3.63, 3.8) is 0 Å². The van der Waals surface area contributed by atoms with Gasteiger partial charge in [-0.1, -0.05) is 31.2 Å². The van der Waals surface area contributed by atoms with Gasteiger partial charge in [-0.2, -0.15) is 0 Å². The van der Waals surface area contributed by atoms with E-state index in [4.69, 9.17) is 10.5 Å². The molecule has 0 saturated heterocycles. The SMILES string of the molecule is CCOC(=O)C1(C)CCC(C)(c2ccc(-c3nc(C(N)=O)c(C)nc3C)cc2)CC1. The van der Waals surface area contributed by atoms with Crippen LogP contribution in [0.3, 0.4) is 0 Å². The lowest BCUT2D eigenvalue weighted by atomic mass is 9.62. The van der Waals surface area contributed by atoms with Crippen LogP contribution in [-0.2, 0) is 14.9 Å². The molecule has 0 spiro atoms. The second-order valence-electron chi connectivity index (χ2n) is 8.88. The van der Waals surface area contributed by atoms with Gasteiger partial charge in [0.2, 0.25) is 0 Å². The Hall–Kier alpha value is -2.76. The van der Waals surface area contributed by atoms with Gasteiger partial charge < -0.3 is 10.5 Å². The summed E-state index contributed by atoms with van der Waals surface area (Å²) in [5, 5.41) is 0. The third-order valence-electron chi connectivity index (χ3n) is 6.56. The van der Waals surface area contributed by atoms with Crippen LogP contribution in [0.5, 0.6) is 0 Å². The Morgan fingerprint density at radius 1 is 1.00 bits per heavy atom. The smallest absolute Gasteiger partial charge is 0.311 e. The topological polar surface area (TPSA) is 95.2 Å². The van der Waals surface area contributed by atoms with Gasteiger partial charge in [0.25, 0.3) is 5.91 Å². The van der Waals surface area contributed by atoms with Crippen molar-refractivity contribution in [2.24, 2.45) is 11.1 Å². The van der Waals surface area contributed by atoms with Crippen molar-refractivity contribution in [3.8, 4) is 11.3 Å². The summed E-state index contributed by atoms with van der Waals surface area (Å²) in [6, 6.07) is 8.29. The van der Waals surface area contributed by atoms with Gasteiger partial charge >= 0.3 is 5.97 Å². The highest BCUT2D eigenvalue weighted by atomic mass is 16.5. The van der Waals surface area contributed by atoms with Crippen LogP contribution in [0.1, 0.15) is 73.9 Å². The van der Waals surface area contributed by atoms with Crippen LogP contribution < -0.4 is 5.73 Å². The van der Waals surface area contributed by atoms with Crippen molar-refractivity contribution < 1.29 is 14.3 Å². The van der Waals surface area contributed by atoms with E-state index in [-0.39, 0.29) is 17.1 Å². The van der Waals surface area contributed by atoms with Crippen LogP contribution in [0.2, 0.25) is 0 Å². The maximum absolute atomic E-state index is 12.3. The minimum absolute atomic E-state index is 0.0108. The predicted octanol–water partition coefficient (Wildman–Crippen LogP) is 4.26. The van der Waals surface area contributed by atoms with E-state index in [0.717, 1.165) is 36.9 Å². The summed E-state index contributed by atoms with van der Waals surface area (Å²) in [5.41, 5.74) is 9.38. The summed E-state index contributed by atoms with van der Waals surface area (Å²) in [5.74, 6) is -0.654. The Morgan fingerprint density at radius 3 is 2.13 bits per heavy atom. The maximum atomic E-state index is 12.3. The van der Waals surface area contributed by atoms with Gasteiger partial charge in [-0.15, -0.1) is 0 Å². The van der Waals surface area contributed by atoms with E-state index in [2.05, 4.69) is 29.0 Å². The lowest BCUT2D eigenvalue weighted by molar-refractivity contribution is -0.157. The molecule has 30 heavy (non-hydrogen) atoms. The molecule has 0 unspecified atom stereocenters. The van der Waals surface area contributed by atoms with E-state index in [1.165, 1.54) is 5.56 Å². The number of hydrogen-bond acceptors (Lipinski definition) is 5. The Morgan fingerprint density at radius 2 is 1.60 bits per heavy atom. The number of aryl methyl sites for hydroxylation is 2. The molecule has 1 fully saturated rings. The molecule has 3 rings (SSSR count). The fraction of sp³-hybridized carbons (Fsp3) is 0.500. The first kappa shape index (κ1) is 21.9. The Bertz CT molecular complexity index is 958. The number of hydrogen-bond donors (Lipinski definition) is 1. The third-order valence-corrected chi connectivity index (χ3v) is 6.56. The first-order valence-electron chi connectivity index (χ1n) is 10.5. The number of carbonyl (C=O) groups excluding carboxylic acids is 2. The number of rotatable bonds is 5. The standard InChI is InChI=1S/C24H31N3O3/c1-6-30-22(29)24(5)13-11-23(4,12-14-24)18-9-7-17(8-10-18)19-15(2)26-16(3)20(27-19)21(25)28/h7-10H,6,11-14H2,1-5H3,(H2,25,28). The van der Waals surface area contributed by atoms with Gasteiger partial charge in [0.1, 0.15) is 5.69 Å². The number of ether oxygens (including phenoxy) is 1. The molecule has 0 aliphatic heterocycles. The molecule has 0 bridgehead atoms. The molecule has 0 radical (unpaired) electrons. The molecule has 1 aromatic heterocycles. The highest BCUT2D eigenvalue weighted by Gasteiger charge is 2.43. The number of primary amides is 1. The molecule has 2 aromatic rings. The van der Waals surface area contributed by atoms with Crippen molar-refractivity contribution >= 4 is 11.9 Å². The van der Waals surface area contributed by atoms with Crippen molar-refractivity contribution in [1.82, 2.24) is 9.97 Å². The molecule has 1 aliphatic carbocycles. The van der Waals surface area contributed by atoms with Crippen LogP contribution in [-0.4, -0.2) is 28.5 Å². The molecule has 1 aliphatic rings. The quantitative estimate of drug-likeness (QED) is 0.745. The summed E-state index contributed by atoms with van der Waals surface area (Å²) in [6.07, 6.45) is 3.48. The Labute approximate surface area is 178 Å². The fourth-order valence-corrected chi connectivity index (χ4v) is 4.32. The largest absolute Gasteiger partial charge is 0.466 e. The van der Waals surface area contributed by atoms with Crippen molar-refractivity contribution in [3.05, 3.63) is 46.9 Å². The highest BCUT2D eigenvalue weighted by molar-refractivity contribution is 5.92. The van der Waals surface area contributed by atoms with Gasteiger partial charge in [-0.05, 0) is 64.4 Å². The molecule has 2 N–H and O–H groups in total. The molecule has 160 valence electrons. The van der Waals surface area contributed by atoms with Gasteiger partial charge in [0, 0.05) is 5.56 Å². The molecule has 1 aromatic carbocycles. The molecular formula is C24H31N3O3. The Kier molecular flexibility index (Phi) is 5.97. The average molecular weight is 410 g/mol. The number of nitrogens with two attached hydrogens (primary N) is 1. The zero-order valence-corrected chi connectivity index (χ0v) is 18.5. The molecule has 1 amide bonds. The summed E-state index contributed by atoms with van der Waals surface area (Å²) in [4.78, 5) is 32.9. The maximum Gasteiger partial charge on any atom is 0.311 e. The van der Waals surface area contributed by atoms with Crippen LogP contribution in [0.25, 0.3) is 11.3 Å². The second kappa shape index (κ2) is 8.17. The summed E-state index contributed by atoms with van der Waals surface area (Å²) in [6.45, 7) is 10.2. The zero-order valence-electron chi connectivity index (χ0n) is 18.5. The van der Waals surface area contributed by atoms with Gasteiger partial charge in [0.15, 0.2) is 0 Å². The first-order chi connectivity index (χ1) is 14.1. The number of amides is 1. The number of aromatic nitrogens is 2. The van der Waals surface area contributed by atoms with Crippen LogP contribution in [0, 0.1) is 19.3 Å². The monoisotopic (exact) mass is 409 g/mol. The molecule has 6 heteroatoms.